The largest absolute Gasteiger partial charge is 0.487 e. The number of carbonyl (C=O) groups is 1. The zero-order valence-electron chi connectivity index (χ0n) is 21.6. The summed E-state index contributed by atoms with van der Waals surface area (Å²) in [5.74, 6) is 0.0629. The molecule has 5 rings (SSSR count). The third-order valence-corrected chi connectivity index (χ3v) is 9.26. The van der Waals surface area contributed by atoms with Crippen LogP contribution in [0, 0.1) is 10.1 Å². The average molecular weight is 719 g/mol. The number of thiophene rings is 1. The van der Waals surface area contributed by atoms with E-state index in [0.717, 1.165) is 16.0 Å². The smallest absolute Gasteiger partial charge is 0.338 e. The fourth-order valence-corrected chi connectivity index (χ4v) is 7.65. The SMILES string of the molecule is CCOC(=O)C1=C(C)N=c2s/c(=C\c3cc(Br)c(OCc4ccc([N+](=O)[O-])cc4)c(Br)c3)c(=O)n2[C@H]1c1cccs1. The van der Waals surface area contributed by atoms with Crippen LogP contribution in [0.25, 0.3) is 6.08 Å². The van der Waals surface area contributed by atoms with Gasteiger partial charge in [0.25, 0.3) is 11.2 Å². The molecule has 1 aliphatic heterocycles. The zero-order valence-corrected chi connectivity index (χ0v) is 26.4. The predicted molar refractivity (Wildman–Crippen MR) is 164 cm³/mol. The Kier molecular flexibility index (Phi) is 8.68. The molecule has 0 unspecified atom stereocenters. The highest BCUT2D eigenvalue weighted by atomic mass is 79.9. The Morgan fingerprint density at radius 1 is 1.20 bits per heavy atom. The number of aromatic nitrogens is 1. The summed E-state index contributed by atoms with van der Waals surface area (Å²) in [5, 5.41) is 12.8. The van der Waals surface area contributed by atoms with Crippen molar-refractivity contribution in [2.75, 3.05) is 6.61 Å². The summed E-state index contributed by atoms with van der Waals surface area (Å²) in [7, 11) is 0. The summed E-state index contributed by atoms with van der Waals surface area (Å²) < 4.78 is 14.6. The van der Waals surface area contributed by atoms with Crippen LogP contribution in [0.5, 0.6) is 5.75 Å². The van der Waals surface area contributed by atoms with Crippen molar-refractivity contribution in [2.24, 2.45) is 4.99 Å². The van der Waals surface area contributed by atoms with Gasteiger partial charge in [-0.15, -0.1) is 11.3 Å². The number of benzene rings is 2. The van der Waals surface area contributed by atoms with Gasteiger partial charge < -0.3 is 9.47 Å². The molecular weight excluding hydrogens is 698 g/mol. The second-order valence-corrected chi connectivity index (χ2v) is 12.5. The fraction of sp³-hybridized carbons (Fsp3) is 0.179. The number of hydrogen-bond donors (Lipinski definition) is 0. The summed E-state index contributed by atoms with van der Waals surface area (Å²) >= 11 is 9.82. The molecule has 0 amide bonds. The van der Waals surface area contributed by atoms with Crippen molar-refractivity contribution in [3.05, 3.63) is 120 Å². The summed E-state index contributed by atoms with van der Waals surface area (Å²) in [6.45, 7) is 3.92. The molecule has 3 heterocycles. The first-order valence-electron chi connectivity index (χ1n) is 12.3. The minimum Gasteiger partial charge on any atom is -0.487 e. The van der Waals surface area contributed by atoms with Gasteiger partial charge in [0.15, 0.2) is 4.80 Å². The summed E-state index contributed by atoms with van der Waals surface area (Å²) in [5.41, 5.74) is 2.15. The van der Waals surface area contributed by atoms with Crippen LogP contribution in [0.3, 0.4) is 0 Å². The van der Waals surface area contributed by atoms with Crippen LogP contribution in [0.1, 0.15) is 35.9 Å². The highest BCUT2D eigenvalue weighted by molar-refractivity contribution is 9.11. The molecule has 0 saturated carbocycles. The standard InChI is InChI=1S/C28H21Br2N3O6S2/c1-3-38-27(35)23-15(2)31-28-32(24(23)21-5-4-10-40-21)26(34)22(41-28)13-17-11-19(29)25(20(30)12-17)39-14-16-6-8-18(9-7-16)33(36)37/h4-13,24H,3,14H2,1-2H3/b22-13-/t24-/m0/s1. The van der Waals surface area contributed by atoms with Gasteiger partial charge in [0, 0.05) is 17.0 Å². The fourth-order valence-electron chi connectivity index (χ4n) is 4.33. The van der Waals surface area contributed by atoms with Crippen LogP contribution in [0.15, 0.2) is 83.9 Å². The first-order valence-corrected chi connectivity index (χ1v) is 15.5. The number of esters is 1. The predicted octanol–water partition coefficient (Wildman–Crippen LogP) is 5.87. The third-order valence-electron chi connectivity index (χ3n) is 6.18. The number of fused-ring (bicyclic) bond motifs is 1. The number of nitro groups is 1. The Bertz CT molecular complexity index is 1840. The number of allylic oxidation sites excluding steroid dienone is 1. The maximum Gasteiger partial charge on any atom is 0.338 e. The number of thiazole rings is 1. The van der Waals surface area contributed by atoms with Crippen LogP contribution in [0.2, 0.25) is 0 Å². The van der Waals surface area contributed by atoms with Crippen molar-refractivity contribution in [2.45, 2.75) is 26.5 Å². The lowest BCUT2D eigenvalue weighted by Gasteiger charge is -2.23. The van der Waals surface area contributed by atoms with E-state index in [1.54, 1.807) is 36.6 Å². The Balaban J connectivity index is 1.48. The average Bonchev–Trinajstić information content (AvgIpc) is 3.56. The van der Waals surface area contributed by atoms with E-state index in [-0.39, 0.29) is 24.5 Å². The molecule has 2 aromatic heterocycles. The van der Waals surface area contributed by atoms with Crippen molar-refractivity contribution in [1.29, 1.82) is 0 Å². The normalized spacial score (nSPS) is 14.9. The number of nitrogens with zero attached hydrogens (tertiary/aromatic N) is 3. The maximum atomic E-state index is 13.7. The molecule has 13 heteroatoms. The molecule has 1 atom stereocenters. The van der Waals surface area contributed by atoms with E-state index in [2.05, 4.69) is 36.9 Å². The van der Waals surface area contributed by atoms with E-state index < -0.39 is 16.9 Å². The number of rotatable bonds is 8. The van der Waals surface area contributed by atoms with Gasteiger partial charge in [0.2, 0.25) is 0 Å². The third kappa shape index (κ3) is 5.98. The summed E-state index contributed by atoms with van der Waals surface area (Å²) in [6.07, 6.45) is 1.77. The Morgan fingerprint density at radius 2 is 1.90 bits per heavy atom. The molecule has 4 aromatic rings. The van der Waals surface area contributed by atoms with Crippen molar-refractivity contribution in [3.8, 4) is 5.75 Å². The molecule has 0 saturated heterocycles. The molecule has 0 N–H and O–H groups in total. The van der Waals surface area contributed by atoms with Gasteiger partial charge in [-0.1, -0.05) is 17.4 Å². The van der Waals surface area contributed by atoms with Crippen LogP contribution in [0.4, 0.5) is 5.69 Å². The molecule has 0 fully saturated rings. The highest BCUT2D eigenvalue weighted by Crippen LogP contribution is 2.36. The summed E-state index contributed by atoms with van der Waals surface area (Å²) in [6, 6.07) is 13.0. The van der Waals surface area contributed by atoms with E-state index >= 15 is 0 Å². The first kappa shape index (κ1) is 29.1. The maximum absolute atomic E-state index is 13.7. The lowest BCUT2D eigenvalue weighted by Crippen LogP contribution is -2.39. The van der Waals surface area contributed by atoms with E-state index in [4.69, 9.17) is 9.47 Å². The zero-order chi connectivity index (χ0) is 29.3. The second-order valence-electron chi connectivity index (χ2n) is 8.84. The molecule has 41 heavy (non-hydrogen) atoms. The summed E-state index contributed by atoms with van der Waals surface area (Å²) in [4.78, 5) is 43.0. The first-order chi connectivity index (χ1) is 19.7. The molecule has 0 aliphatic carbocycles. The van der Waals surface area contributed by atoms with Crippen molar-refractivity contribution in [3.63, 3.8) is 0 Å². The number of carbonyl (C=O) groups excluding carboxylic acids is 1. The number of nitro benzene ring substituents is 1. The van der Waals surface area contributed by atoms with Gasteiger partial charge in [-0.25, -0.2) is 9.79 Å². The molecule has 2 aromatic carbocycles. The van der Waals surface area contributed by atoms with E-state index in [0.29, 0.717) is 35.3 Å². The number of ether oxygens (including phenoxy) is 2. The Hall–Kier alpha value is -3.39. The minimum atomic E-state index is -0.624. The molecular formula is C28H21Br2N3O6S2. The van der Waals surface area contributed by atoms with Crippen LogP contribution in [-0.4, -0.2) is 22.1 Å². The van der Waals surface area contributed by atoms with Crippen molar-refractivity contribution in [1.82, 2.24) is 4.57 Å². The van der Waals surface area contributed by atoms with Gasteiger partial charge in [-0.05, 0) is 98.6 Å². The molecule has 0 radical (unpaired) electrons. The molecule has 9 nitrogen and oxygen atoms in total. The number of halogens is 2. The van der Waals surface area contributed by atoms with E-state index in [1.165, 1.54) is 34.8 Å². The van der Waals surface area contributed by atoms with Gasteiger partial charge in [0.1, 0.15) is 18.4 Å². The van der Waals surface area contributed by atoms with Crippen LogP contribution < -0.4 is 19.6 Å². The van der Waals surface area contributed by atoms with Gasteiger partial charge in [-0.2, -0.15) is 0 Å². The van der Waals surface area contributed by atoms with Crippen molar-refractivity contribution < 1.29 is 19.2 Å². The number of non-ortho nitro benzene ring substituents is 1. The Morgan fingerprint density at radius 3 is 2.51 bits per heavy atom. The van der Waals surface area contributed by atoms with Crippen LogP contribution >= 0.6 is 54.5 Å². The van der Waals surface area contributed by atoms with Gasteiger partial charge >= 0.3 is 5.97 Å². The molecule has 210 valence electrons. The number of hydrogen-bond acceptors (Lipinski definition) is 9. The topological polar surface area (TPSA) is 113 Å². The van der Waals surface area contributed by atoms with E-state index in [9.17, 15) is 19.7 Å². The molecule has 0 spiro atoms. The highest BCUT2D eigenvalue weighted by Gasteiger charge is 2.33. The van der Waals surface area contributed by atoms with Gasteiger partial charge in [-0.3, -0.25) is 19.5 Å². The Labute approximate surface area is 258 Å². The van der Waals surface area contributed by atoms with Gasteiger partial charge in [0.05, 0.1) is 36.3 Å². The molecule has 0 bridgehead atoms. The van der Waals surface area contributed by atoms with Crippen molar-refractivity contribution >= 4 is 72.3 Å². The van der Waals surface area contributed by atoms with Crippen LogP contribution in [-0.2, 0) is 16.1 Å². The quantitative estimate of drug-likeness (QED) is 0.128. The molecule has 1 aliphatic rings. The second kappa shape index (κ2) is 12.2. The minimum absolute atomic E-state index is 0.0136. The lowest BCUT2D eigenvalue weighted by atomic mass is 10.0. The van der Waals surface area contributed by atoms with E-state index in [1.807, 2.05) is 29.6 Å². The lowest BCUT2D eigenvalue weighted by molar-refractivity contribution is -0.384. The monoisotopic (exact) mass is 717 g/mol.